The summed E-state index contributed by atoms with van der Waals surface area (Å²) in [5.74, 6) is -1.40. The van der Waals surface area contributed by atoms with Crippen LogP contribution in [0.3, 0.4) is 0 Å². The van der Waals surface area contributed by atoms with Crippen LogP contribution in [0.5, 0.6) is 0 Å². The lowest BCUT2D eigenvalue weighted by Crippen LogP contribution is -2.44. The number of halogens is 1. The monoisotopic (exact) mass is 350 g/mol. The lowest BCUT2D eigenvalue weighted by Gasteiger charge is -2.25. The maximum Gasteiger partial charge on any atom is 0.303 e. The maximum absolute atomic E-state index is 12.9. The average molecular weight is 350 g/mol. The van der Waals surface area contributed by atoms with Gasteiger partial charge in [0.2, 0.25) is 5.91 Å². The zero-order chi connectivity index (χ0) is 17.7. The van der Waals surface area contributed by atoms with E-state index in [9.17, 15) is 14.0 Å². The molecule has 24 heavy (non-hydrogen) atoms. The van der Waals surface area contributed by atoms with Gasteiger partial charge in [0.15, 0.2) is 0 Å². The fraction of sp³-hybridized carbons (Fsp3) is 0.353. The zero-order valence-electron chi connectivity index (χ0n) is 13.5. The summed E-state index contributed by atoms with van der Waals surface area (Å²) in [6.45, 7) is 3.58. The molecule has 0 bridgehead atoms. The first kappa shape index (κ1) is 18.1. The fourth-order valence-corrected chi connectivity index (χ4v) is 2.99. The molecule has 128 valence electrons. The van der Waals surface area contributed by atoms with Gasteiger partial charge in [0, 0.05) is 22.9 Å². The number of benzene rings is 1. The highest BCUT2D eigenvalue weighted by atomic mass is 32.1. The van der Waals surface area contributed by atoms with Crippen molar-refractivity contribution in [3.8, 4) is 11.3 Å². The predicted octanol–water partition coefficient (Wildman–Crippen LogP) is 3.25. The molecular weight excluding hydrogens is 331 g/mol. The molecule has 0 saturated carbocycles. The number of nitrogens with one attached hydrogen (secondary N) is 1. The van der Waals surface area contributed by atoms with Gasteiger partial charge in [-0.3, -0.25) is 9.59 Å². The Morgan fingerprint density at radius 1 is 1.29 bits per heavy atom. The lowest BCUT2D eigenvalue weighted by molar-refractivity contribution is -0.137. The Morgan fingerprint density at radius 3 is 2.58 bits per heavy atom. The molecule has 0 saturated heterocycles. The topological polar surface area (TPSA) is 79.3 Å². The number of hydrogen-bond acceptors (Lipinski definition) is 4. The second-order valence-electron chi connectivity index (χ2n) is 6.14. The minimum absolute atomic E-state index is 0.000747. The summed E-state index contributed by atoms with van der Waals surface area (Å²) < 4.78 is 12.9. The summed E-state index contributed by atoms with van der Waals surface area (Å²) in [5, 5.41) is 14.0. The smallest absolute Gasteiger partial charge is 0.303 e. The Labute approximate surface area is 143 Å². The molecule has 1 heterocycles. The van der Waals surface area contributed by atoms with Crippen molar-refractivity contribution >= 4 is 23.2 Å². The average Bonchev–Trinajstić information content (AvgIpc) is 2.94. The van der Waals surface area contributed by atoms with E-state index < -0.39 is 11.5 Å². The van der Waals surface area contributed by atoms with E-state index in [1.54, 1.807) is 26.0 Å². The molecule has 1 aromatic heterocycles. The first-order valence-corrected chi connectivity index (χ1v) is 8.36. The van der Waals surface area contributed by atoms with Crippen molar-refractivity contribution < 1.29 is 19.1 Å². The van der Waals surface area contributed by atoms with Crippen molar-refractivity contribution in [3.05, 3.63) is 40.5 Å². The minimum atomic E-state index is -0.888. The number of aliphatic carboxylic acids is 1. The molecule has 2 N–H and O–H groups in total. The van der Waals surface area contributed by atoms with Gasteiger partial charge < -0.3 is 10.4 Å². The third-order valence-corrected chi connectivity index (χ3v) is 4.29. The molecule has 1 aromatic carbocycles. The van der Waals surface area contributed by atoms with Crippen LogP contribution in [0.25, 0.3) is 11.3 Å². The Bertz CT molecular complexity index is 726. The van der Waals surface area contributed by atoms with Crippen LogP contribution >= 0.6 is 11.3 Å². The van der Waals surface area contributed by atoms with Gasteiger partial charge in [-0.2, -0.15) is 0 Å². The first-order valence-electron chi connectivity index (χ1n) is 7.48. The summed E-state index contributed by atoms with van der Waals surface area (Å²) >= 11 is 1.36. The molecule has 7 heteroatoms. The van der Waals surface area contributed by atoms with Crippen LogP contribution in [0.4, 0.5) is 4.39 Å². The number of aromatic nitrogens is 1. The van der Waals surface area contributed by atoms with E-state index in [0.717, 1.165) is 5.56 Å². The Balaban J connectivity index is 1.95. The number of carbonyl (C=O) groups is 2. The van der Waals surface area contributed by atoms with Crippen molar-refractivity contribution in [2.45, 2.75) is 38.6 Å². The van der Waals surface area contributed by atoms with E-state index in [0.29, 0.717) is 17.1 Å². The van der Waals surface area contributed by atoms with Crippen LogP contribution < -0.4 is 5.32 Å². The van der Waals surface area contributed by atoms with Gasteiger partial charge in [0.05, 0.1) is 12.1 Å². The Hall–Kier alpha value is -2.28. The van der Waals surface area contributed by atoms with E-state index in [1.807, 2.05) is 5.38 Å². The van der Waals surface area contributed by atoms with Gasteiger partial charge >= 0.3 is 5.97 Å². The fourth-order valence-electron chi connectivity index (χ4n) is 2.19. The summed E-state index contributed by atoms with van der Waals surface area (Å²) in [6.07, 6.45) is 0.481. The van der Waals surface area contributed by atoms with Gasteiger partial charge in [-0.25, -0.2) is 9.37 Å². The minimum Gasteiger partial charge on any atom is -0.481 e. The number of hydrogen-bond donors (Lipinski definition) is 2. The van der Waals surface area contributed by atoms with Crippen LogP contribution in [-0.2, 0) is 16.0 Å². The van der Waals surface area contributed by atoms with Crippen molar-refractivity contribution in [3.63, 3.8) is 0 Å². The Kier molecular flexibility index (Phi) is 5.66. The molecule has 0 spiro atoms. The van der Waals surface area contributed by atoms with Crippen LogP contribution in [0.1, 0.15) is 31.7 Å². The van der Waals surface area contributed by atoms with Gasteiger partial charge in [0.1, 0.15) is 10.8 Å². The number of carbonyl (C=O) groups excluding carboxylic acids is 1. The van der Waals surface area contributed by atoms with Crippen LogP contribution in [0.15, 0.2) is 29.6 Å². The first-order chi connectivity index (χ1) is 11.2. The highest BCUT2D eigenvalue weighted by Gasteiger charge is 2.22. The molecule has 1 amide bonds. The summed E-state index contributed by atoms with van der Waals surface area (Å²) in [7, 11) is 0. The van der Waals surface area contributed by atoms with Crippen LogP contribution in [0, 0.1) is 5.82 Å². The number of amides is 1. The third kappa shape index (κ3) is 5.42. The molecule has 0 radical (unpaired) electrons. The molecule has 0 aliphatic rings. The Morgan fingerprint density at radius 2 is 1.96 bits per heavy atom. The normalized spacial score (nSPS) is 11.3. The predicted molar refractivity (Wildman–Crippen MR) is 90.3 cm³/mol. The molecule has 2 aromatic rings. The molecule has 0 aliphatic carbocycles. The van der Waals surface area contributed by atoms with Gasteiger partial charge in [0.25, 0.3) is 0 Å². The molecule has 0 atom stereocenters. The summed E-state index contributed by atoms with van der Waals surface area (Å²) in [6, 6.07) is 6.02. The van der Waals surface area contributed by atoms with Gasteiger partial charge in [-0.15, -0.1) is 11.3 Å². The second kappa shape index (κ2) is 7.53. The zero-order valence-corrected chi connectivity index (χ0v) is 14.3. The van der Waals surface area contributed by atoms with Crippen LogP contribution in [-0.4, -0.2) is 27.5 Å². The summed E-state index contributed by atoms with van der Waals surface area (Å²) in [5.41, 5.74) is 0.904. The SMILES string of the molecule is CC(C)(CCC(=O)O)NC(=O)Cc1nc(-c2ccc(F)cc2)cs1. The standard InChI is InChI=1S/C17H19FN2O3S/c1-17(2,8-7-16(22)23)20-14(21)9-15-19-13(10-24-15)11-3-5-12(18)6-4-11/h3-6,10H,7-9H2,1-2H3,(H,20,21)(H,22,23). The number of nitrogens with zero attached hydrogens (tertiary/aromatic N) is 1. The molecule has 0 unspecified atom stereocenters. The van der Waals surface area contributed by atoms with E-state index in [-0.39, 0.29) is 24.6 Å². The molecule has 5 nitrogen and oxygen atoms in total. The maximum atomic E-state index is 12.9. The van der Waals surface area contributed by atoms with E-state index in [1.165, 1.54) is 23.5 Å². The van der Waals surface area contributed by atoms with Crippen molar-refractivity contribution in [1.29, 1.82) is 0 Å². The van der Waals surface area contributed by atoms with Crippen LogP contribution in [0.2, 0.25) is 0 Å². The largest absolute Gasteiger partial charge is 0.481 e. The highest BCUT2D eigenvalue weighted by Crippen LogP contribution is 2.22. The highest BCUT2D eigenvalue weighted by molar-refractivity contribution is 7.10. The number of thiazole rings is 1. The summed E-state index contributed by atoms with van der Waals surface area (Å²) in [4.78, 5) is 27.2. The number of carboxylic acids is 1. The van der Waals surface area contributed by atoms with Gasteiger partial charge in [-0.05, 0) is 44.5 Å². The van der Waals surface area contributed by atoms with E-state index in [4.69, 9.17) is 5.11 Å². The second-order valence-corrected chi connectivity index (χ2v) is 7.08. The molecule has 0 fully saturated rings. The third-order valence-electron chi connectivity index (χ3n) is 3.45. The molecule has 2 rings (SSSR count). The van der Waals surface area contributed by atoms with E-state index in [2.05, 4.69) is 10.3 Å². The van der Waals surface area contributed by atoms with E-state index >= 15 is 0 Å². The van der Waals surface area contributed by atoms with Crippen molar-refractivity contribution in [2.75, 3.05) is 0 Å². The molecule has 0 aliphatic heterocycles. The molecular formula is C17H19FN2O3S. The quantitative estimate of drug-likeness (QED) is 0.803. The number of rotatable bonds is 7. The lowest BCUT2D eigenvalue weighted by atomic mass is 9.98. The van der Waals surface area contributed by atoms with Gasteiger partial charge in [-0.1, -0.05) is 0 Å². The van der Waals surface area contributed by atoms with Crippen molar-refractivity contribution in [2.24, 2.45) is 0 Å². The van der Waals surface area contributed by atoms with Crippen molar-refractivity contribution in [1.82, 2.24) is 10.3 Å². The number of carboxylic acid groups (broad SMARTS) is 1.